The quantitative estimate of drug-likeness (QED) is 0.559. The van der Waals surface area contributed by atoms with Gasteiger partial charge in [-0.1, -0.05) is 26.2 Å². The minimum Gasteiger partial charge on any atom is -0.480 e. The molecule has 2 N–H and O–H groups in total. The number of carbonyl (C=O) groups is 2. The van der Waals surface area contributed by atoms with Crippen LogP contribution >= 0.6 is 0 Å². The van der Waals surface area contributed by atoms with Crippen molar-refractivity contribution in [1.82, 2.24) is 5.32 Å². The van der Waals surface area contributed by atoms with Crippen LogP contribution in [0.3, 0.4) is 0 Å². The number of hydrogen-bond donors (Lipinski definition) is 2. The van der Waals surface area contributed by atoms with Crippen molar-refractivity contribution in [3.63, 3.8) is 0 Å². The van der Waals surface area contributed by atoms with Crippen LogP contribution in [0.4, 0.5) is 0 Å². The molecule has 104 valence electrons. The second-order valence-corrected chi connectivity index (χ2v) is 4.93. The monoisotopic (exact) mass is 257 g/mol. The van der Waals surface area contributed by atoms with Crippen molar-refractivity contribution >= 4 is 11.9 Å². The Balaban J connectivity index is 2.52. The molecule has 18 heavy (non-hydrogen) atoms. The molecule has 1 fully saturated rings. The topological polar surface area (TPSA) is 75.6 Å². The van der Waals surface area contributed by atoms with E-state index in [1.165, 1.54) is 6.42 Å². The van der Waals surface area contributed by atoms with Crippen molar-refractivity contribution in [2.75, 3.05) is 0 Å². The van der Waals surface area contributed by atoms with E-state index in [2.05, 4.69) is 5.32 Å². The summed E-state index contributed by atoms with van der Waals surface area (Å²) in [6, 6.07) is -1.12. The maximum atomic E-state index is 11.8. The Kier molecular flexibility index (Phi) is 6.12. The minimum atomic E-state index is -1.23. The van der Waals surface area contributed by atoms with Crippen LogP contribution in [0.2, 0.25) is 0 Å². The first-order valence-corrected chi connectivity index (χ1v) is 6.74. The summed E-state index contributed by atoms with van der Waals surface area (Å²) in [5.41, 5.74) is 0. The van der Waals surface area contributed by atoms with Crippen LogP contribution in [-0.2, 0) is 14.3 Å². The maximum absolute atomic E-state index is 11.8. The molecule has 1 saturated carbocycles. The van der Waals surface area contributed by atoms with Crippen LogP contribution in [0.25, 0.3) is 0 Å². The number of carboxylic acid groups (broad SMARTS) is 1. The van der Waals surface area contributed by atoms with Crippen molar-refractivity contribution in [3.8, 4) is 0 Å². The Morgan fingerprint density at radius 1 is 1.33 bits per heavy atom. The summed E-state index contributed by atoms with van der Waals surface area (Å²) in [5.74, 6) is -1.84. The number of rotatable bonds is 6. The molecule has 2 atom stereocenters. The van der Waals surface area contributed by atoms with Crippen LogP contribution < -0.4 is 5.32 Å². The molecule has 5 nitrogen and oxygen atoms in total. The Morgan fingerprint density at radius 2 is 1.94 bits per heavy atom. The molecule has 0 radical (unpaired) electrons. The molecule has 1 aliphatic carbocycles. The van der Waals surface area contributed by atoms with Crippen LogP contribution in [0.5, 0.6) is 0 Å². The summed E-state index contributed by atoms with van der Waals surface area (Å²) in [7, 11) is 0. The van der Waals surface area contributed by atoms with Crippen molar-refractivity contribution < 1.29 is 19.4 Å². The number of esters is 1. The zero-order valence-corrected chi connectivity index (χ0v) is 11.1. The molecular weight excluding hydrogens is 234 g/mol. The van der Waals surface area contributed by atoms with E-state index in [1.807, 2.05) is 6.92 Å². The van der Waals surface area contributed by atoms with E-state index in [0.29, 0.717) is 6.42 Å². The maximum Gasteiger partial charge on any atom is 0.335 e. The van der Waals surface area contributed by atoms with Gasteiger partial charge < -0.3 is 9.84 Å². The van der Waals surface area contributed by atoms with Gasteiger partial charge in [0.15, 0.2) is 0 Å². The van der Waals surface area contributed by atoms with E-state index in [9.17, 15) is 9.59 Å². The standard InChI is InChI=1S/C13H23NO4/c1-3-9(2)18-13(17)11(12(15)16)14-10-7-5-4-6-8-10/h9-11,14H,3-8H2,1-2H3,(H,15,16). The summed E-state index contributed by atoms with van der Waals surface area (Å²) < 4.78 is 5.08. The largest absolute Gasteiger partial charge is 0.480 e. The van der Waals surface area contributed by atoms with Crippen LogP contribution in [0.15, 0.2) is 0 Å². The third-order valence-electron chi connectivity index (χ3n) is 3.38. The lowest BCUT2D eigenvalue weighted by Gasteiger charge is -2.26. The molecule has 0 saturated heterocycles. The van der Waals surface area contributed by atoms with Gasteiger partial charge in [-0.05, 0) is 26.2 Å². The van der Waals surface area contributed by atoms with Gasteiger partial charge in [-0.25, -0.2) is 9.59 Å². The zero-order chi connectivity index (χ0) is 13.5. The summed E-state index contributed by atoms with van der Waals surface area (Å²) in [4.78, 5) is 22.9. The fraction of sp³-hybridized carbons (Fsp3) is 0.846. The van der Waals surface area contributed by atoms with E-state index < -0.39 is 18.0 Å². The lowest BCUT2D eigenvalue weighted by molar-refractivity contribution is -0.158. The molecule has 1 aliphatic rings. The van der Waals surface area contributed by atoms with E-state index in [4.69, 9.17) is 9.84 Å². The first kappa shape index (κ1) is 15.0. The predicted molar refractivity (Wildman–Crippen MR) is 67.3 cm³/mol. The highest BCUT2D eigenvalue weighted by molar-refractivity contribution is 5.98. The van der Waals surface area contributed by atoms with Gasteiger partial charge in [-0.2, -0.15) is 0 Å². The molecule has 5 heteroatoms. The fourth-order valence-corrected chi connectivity index (χ4v) is 2.09. The van der Waals surface area contributed by atoms with Crippen LogP contribution in [-0.4, -0.2) is 35.2 Å². The highest BCUT2D eigenvalue weighted by Crippen LogP contribution is 2.18. The SMILES string of the molecule is CCC(C)OC(=O)C(NC1CCCCC1)C(=O)O. The summed E-state index contributed by atoms with van der Waals surface area (Å²) in [5, 5.41) is 12.0. The number of aliphatic carboxylic acids is 1. The Hall–Kier alpha value is -1.10. The predicted octanol–water partition coefficient (Wildman–Crippen LogP) is 1.70. The molecule has 0 aromatic rings. The number of carbonyl (C=O) groups excluding carboxylic acids is 1. The van der Waals surface area contributed by atoms with Crippen molar-refractivity contribution in [2.24, 2.45) is 0 Å². The average molecular weight is 257 g/mol. The zero-order valence-electron chi connectivity index (χ0n) is 11.1. The van der Waals surface area contributed by atoms with Crippen molar-refractivity contribution in [1.29, 1.82) is 0 Å². The highest BCUT2D eigenvalue weighted by Gasteiger charge is 2.31. The van der Waals surface area contributed by atoms with Gasteiger partial charge >= 0.3 is 11.9 Å². The fourth-order valence-electron chi connectivity index (χ4n) is 2.09. The van der Waals surface area contributed by atoms with E-state index in [0.717, 1.165) is 25.7 Å². The van der Waals surface area contributed by atoms with Gasteiger partial charge in [0.05, 0.1) is 6.10 Å². The molecule has 0 aromatic carbocycles. The number of carboxylic acids is 1. The molecule has 0 heterocycles. The van der Waals surface area contributed by atoms with Crippen LogP contribution in [0.1, 0.15) is 52.4 Å². The lowest BCUT2D eigenvalue weighted by atomic mass is 9.95. The Labute approximate surface area is 108 Å². The molecular formula is C13H23NO4. The van der Waals surface area contributed by atoms with E-state index in [1.54, 1.807) is 6.92 Å². The third kappa shape index (κ3) is 4.64. The average Bonchev–Trinajstić information content (AvgIpc) is 2.36. The molecule has 0 aliphatic heterocycles. The number of ether oxygens (including phenoxy) is 1. The first-order valence-electron chi connectivity index (χ1n) is 6.74. The number of nitrogens with one attached hydrogen (secondary N) is 1. The normalized spacial score (nSPS) is 20.1. The summed E-state index contributed by atoms with van der Waals surface area (Å²) in [6.45, 7) is 3.65. The van der Waals surface area contributed by atoms with Crippen molar-refractivity contribution in [2.45, 2.75) is 70.6 Å². The summed E-state index contributed by atoms with van der Waals surface area (Å²) in [6.07, 6.45) is 5.66. The minimum absolute atomic E-state index is 0.115. The smallest absolute Gasteiger partial charge is 0.335 e. The molecule has 0 aromatic heterocycles. The van der Waals surface area contributed by atoms with Gasteiger partial charge in [0.2, 0.25) is 6.04 Å². The first-order chi connectivity index (χ1) is 8.54. The molecule has 0 bridgehead atoms. The van der Waals surface area contributed by atoms with Gasteiger partial charge in [-0.15, -0.1) is 0 Å². The molecule has 1 rings (SSSR count). The van der Waals surface area contributed by atoms with E-state index in [-0.39, 0.29) is 12.1 Å². The second kappa shape index (κ2) is 7.36. The molecule has 0 amide bonds. The van der Waals surface area contributed by atoms with E-state index >= 15 is 0 Å². The lowest BCUT2D eigenvalue weighted by Crippen LogP contribution is -2.50. The second-order valence-electron chi connectivity index (χ2n) is 4.93. The molecule has 0 spiro atoms. The van der Waals surface area contributed by atoms with Crippen molar-refractivity contribution in [3.05, 3.63) is 0 Å². The number of hydrogen-bond acceptors (Lipinski definition) is 4. The molecule has 2 unspecified atom stereocenters. The van der Waals surface area contributed by atoms with Gasteiger partial charge in [0.25, 0.3) is 0 Å². The summed E-state index contributed by atoms with van der Waals surface area (Å²) >= 11 is 0. The van der Waals surface area contributed by atoms with Gasteiger partial charge in [0.1, 0.15) is 0 Å². The van der Waals surface area contributed by atoms with Gasteiger partial charge in [0, 0.05) is 6.04 Å². The Bertz CT molecular complexity index is 287. The van der Waals surface area contributed by atoms with Gasteiger partial charge in [-0.3, -0.25) is 5.32 Å². The third-order valence-corrected chi connectivity index (χ3v) is 3.38. The van der Waals surface area contributed by atoms with Crippen LogP contribution in [0, 0.1) is 0 Å². The Morgan fingerprint density at radius 3 is 2.44 bits per heavy atom. The highest BCUT2D eigenvalue weighted by atomic mass is 16.5.